The van der Waals surface area contributed by atoms with Gasteiger partial charge >= 0.3 is 0 Å². The van der Waals surface area contributed by atoms with Crippen molar-refractivity contribution >= 4 is 23.2 Å². The van der Waals surface area contributed by atoms with Gasteiger partial charge in [0.1, 0.15) is 27.9 Å². The molecule has 4 rings (SSSR count). The molecule has 0 unspecified atom stereocenters. The molecule has 0 radical (unpaired) electrons. The fourth-order valence-electron chi connectivity index (χ4n) is 3.55. The van der Waals surface area contributed by atoms with Gasteiger partial charge in [-0.2, -0.15) is 0 Å². The molecule has 3 heterocycles. The summed E-state index contributed by atoms with van der Waals surface area (Å²) in [6.45, 7) is 0.963. The zero-order valence-electron chi connectivity index (χ0n) is 17.0. The van der Waals surface area contributed by atoms with Crippen molar-refractivity contribution in [2.45, 2.75) is 24.9 Å². The molecule has 0 atom stereocenters. The van der Waals surface area contributed by atoms with E-state index >= 15 is 0 Å². The average molecular weight is 458 g/mol. The summed E-state index contributed by atoms with van der Waals surface area (Å²) in [5.74, 6) is -2.30. The van der Waals surface area contributed by atoms with Gasteiger partial charge in [0.25, 0.3) is 5.91 Å². The van der Waals surface area contributed by atoms with Gasteiger partial charge in [-0.3, -0.25) is 14.6 Å². The number of hydrogen-bond acceptors (Lipinski definition) is 6. The Hall–Kier alpha value is -3.24. The summed E-state index contributed by atoms with van der Waals surface area (Å²) >= 11 is 1.31. The third kappa shape index (κ3) is 4.81. The van der Waals surface area contributed by atoms with E-state index in [0.717, 1.165) is 17.7 Å². The highest BCUT2D eigenvalue weighted by Gasteiger charge is 2.41. The van der Waals surface area contributed by atoms with Gasteiger partial charge in [0.15, 0.2) is 0 Å². The normalized spacial score (nSPS) is 15.2. The van der Waals surface area contributed by atoms with Gasteiger partial charge in [-0.15, -0.1) is 11.3 Å². The molecule has 1 aliphatic rings. The number of amides is 2. The molecule has 0 aliphatic carbocycles. The third-order valence-electron chi connectivity index (χ3n) is 5.34. The Labute approximate surface area is 187 Å². The van der Waals surface area contributed by atoms with Crippen LogP contribution in [0.3, 0.4) is 0 Å². The zero-order chi connectivity index (χ0) is 22.6. The molecule has 3 N–H and O–H groups in total. The van der Waals surface area contributed by atoms with Crippen molar-refractivity contribution in [2.75, 3.05) is 13.1 Å². The van der Waals surface area contributed by atoms with E-state index in [1.54, 1.807) is 23.8 Å². The van der Waals surface area contributed by atoms with Gasteiger partial charge in [0.2, 0.25) is 5.91 Å². The maximum atomic E-state index is 13.9. The number of hydrogen-bond donors (Lipinski definition) is 3. The first-order valence-corrected chi connectivity index (χ1v) is 11.0. The van der Waals surface area contributed by atoms with Crippen molar-refractivity contribution < 1.29 is 18.4 Å². The molecule has 3 aromatic rings. The number of nitrogens with zero attached hydrogens (tertiary/aromatic N) is 2. The lowest BCUT2D eigenvalue weighted by Gasteiger charge is -2.36. The van der Waals surface area contributed by atoms with Gasteiger partial charge in [-0.1, -0.05) is 6.07 Å². The highest BCUT2D eigenvalue weighted by atomic mass is 32.1. The van der Waals surface area contributed by atoms with Crippen LogP contribution in [-0.2, 0) is 11.3 Å². The van der Waals surface area contributed by atoms with Crippen LogP contribution in [0.15, 0.2) is 48.1 Å². The largest absolute Gasteiger partial charge is 0.350 e. The van der Waals surface area contributed by atoms with Gasteiger partial charge < -0.3 is 16.0 Å². The Balaban J connectivity index is 1.48. The van der Waals surface area contributed by atoms with Gasteiger partial charge in [-0.05, 0) is 44.1 Å². The Morgan fingerprint density at radius 1 is 1.19 bits per heavy atom. The van der Waals surface area contributed by atoms with Gasteiger partial charge in [0, 0.05) is 41.5 Å². The van der Waals surface area contributed by atoms with Crippen molar-refractivity contribution in [2.24, 2.45) is 0 Å². The molecule has 7 nitrogen and oxygen atoms in total. The van der Waals surface area contributed by atoms with Crippen LogP contribution in [0.1, 0.15) is 28.9 Å². The maximum Gasteiger partial charge on any atom is 0.271 e. The van der Waals surface area contributed by atoms with Crippen LogP contribution in [0.5, 0.6) is 0 Å². The van der Waals surface area contributed by atoms with Gasteiger partial charge in [0.05, 0.1) is 0 Å². The van der Waals surface area contributed by atoms with E-state index in [1.807, 2.05) is 6.07 Å². The van der Waals surface area contributed by atoms with Crippen LogP contribution < -0.4 is 16.0 Å². The molecule has 2 aromatic heterocycles. The summed E-state index contributed by atoms with van der Waals surface area (Å²) in [4.78, 5) is 34.5. The minimum atomic E-state index is -1.16. The second-order valence-electron chi connectivity index (χ2n) is 7.48. The number of benzene rings is 1. The number of piperidine rings is 1. The van der Waals surface area contributed by atoms with E-state index in [9.17, 15) is 18.4 Å². The molecule has 32 heavy (non-hydrogen) atoms. The van der Waals surface area contributed by atoms with E-state index in [2.05, 4.69) is 25.9 Å². The van der Waals surface area contributed by atoms with Crippen LogP contribution in [0, 0.1) is 11.6 Å². The van der Waals surface area contributed by atoms with E-state index < -0.39 is 29.0 Å². The zero-order valence-corrected chi connectivity index (χ0v) is 17.8. The van der Waals surface area contributed by atoms with E-state index in [1.165, 1.54) is 17.4 Å². The quantitative estimate of drug-likeness (QED) is 0.529. The summed E-state index contributed by atoms with van der Waals surface area (Å²) in [7, 11) is 0. The minimum Gasteiger partial charge on any atom is -0.350 e. The van der Waals surface area contributed by atoms with Gasteiger partial charge in [-0.25, -0.2) is 13.8 Å². The number of rotatable bonds is 6. The second kappa shape index (κ2) is 9.49. The lowest BCUT2D eigenvalue weighted by atomic mass is 9.87. The molecule has 1 saturated heterocycles. The van der Waals surface area contributed by atoms with Crippen LogP contribution in [-0.4, -0.2) is 40.4 Å². The fourth-order valence-corrected chi connectivity index (χ4v) is 4.34. The van der Waals surface area contributed by atoms with E-state index in [0.29, 0.717) is 30.9 Å². The van der Waals surface area contributed by atoms with Crippen LogP contribution in [0.4, 0.5) is 8.78 Å². The number of nitrogens with one attached hydrogen (secondary N) is 3. The number of aromatic nitrogens is 2. The Bertz CT molecular complexity index is 1120. The maximum absolute atomic E-state index is 13.9. The molecule has 0 bridgehead atoms. The summed E-state index contributed by atoms with van der Waals surface area (Å²) < 4.78 is 27.1. The SMILES string of the molecule is O=C(NC1(C(=O)NCc2ccc(F)cc2F)CCNCC1)c1csc(-c2cccnc2)n1. The number of halogens is 2. The lowest BCUT2D eigenvalue weighted by molar-refractivity contribution is -0.128. The predicted molar refractivity (Wildman–Crippen MR) is 116 cm³/mol. The minimum absolute atomic E-state index is 0.113. The molecular weight excluding hydrogens is 436 g/mol. The molecule has 166 valence electrons. The first kappa shape index (κ1) is 22.0. The Morgan fingerprint density at radius 2 is 2.00 bits per heavy atom. The number of carbonyl (C=O) groups excluding carboxylic acids is 2. The standard InChI is InChI=1S/C22H21F2N5O2S/c23-16-4-3-14(17(24)10-16)12-27-21(31)22(5-8-25-9-6-22)29-19(30)18-13-32-20(28-18)15-2-1-7-26-11-15/h1-4,7,10-11,13,25H,5-6,8-9,12H2,(H,27,31)(H,29,30). The molecule has 1 aromatic carbocycles. The van der Waals surface area contributed by atoms with E-state index in [4.69, 9.17) is 0 Å². The van der Waals surface area contributed by atoms with Crippen molar-refractivity contribution in [3.05, 3.63) is 71.0 Å². The van der Waals surface area contributed by atoms with Crippen molar-refractivity contribution in [1.82, 2.24) is 25.9 Å². The summed E-state index contributed by atoms with van der Waals surface area (Å²) in [6.07, 6.45) is 4.06. The molecule has 2 amide bonds. The third-order valence-corrected chi connectivity index (χ3v) is 6.24. The fraction of sp³-hybridized carbons (Fsp3) is 0.273. The van der Waals surface area contributed by atoms with Crippen molar-refractivity contribution in [3.63, 3.8) is 0 Å². The predicted octanol–water partition coefficient (Wildman–Crippen LogP) is 2.65. The average Bonchev–Trinajstić information content (AvgIpc) is 3.30. The topological polar surface area (TPSA) is 96.0 Å². The van der Waals surface area contributed by atoms with Crippen LogP contribution in [0.25, 0.3) is 10.6 Å². The molecule has 10 heteroatoms. The first-order chi connectivity index (χ1) is 15.5. The second-order valence-corrected chi connectivity index (χ2v) is 8.34. The number of pyridine rings is 1. The van der Waals surface area contributed by atoms with Crippen LogP contribution in [0.2, 0.25) is 0 Å². The first-order valence-electron chi connectivity index (χ1n) is 10.1. The summed E-state index contributed by atoms with van der Waals surface area (Å²) in [5.41, 5.74) is 0.0174. The van der Waals surface area contributed by atoms with Crippen molar-refractivity contribution in [1.29, 1.82) is 0 Å². The number of carbonyl (C=O) groups is 2. The van der Waals surface area contributed by atoms with Crippen molar-refractivity contribution in [3.8, 4) is 10.6 Å². The highest BCUT2D eigenvalue weighted by Crippen LogP contribution is 2.24. The van der Waals surface area contributed by atoms with Crippen LogP contribution >= 0.6 is 11.3 Å². The molecule has 1 aliphatic heterocycles. The number of thiazole rings is 1. The molecule has 0 spiro atoms. The highest BCUT2D eigenvalue weighted by molar-refractivity contribution is 7.13. The lowest BCUT2D eigenvalue weighted by Crippen LogP contribution is -2.62. The Morgan fingerprint density at radius 3 is 2.72 bits per heavy atom. The monoisotopic (exact) mass is 457 g/mol. The summed E-state index contributed by atoms with van der Waals surface area (Å²) in [6, 6.07) is 6.83. The smallest absolute Gasteiger partial charge is 0.271 e. The Kier molecular flexibility index (Phi) is 6.52. The molecule has 1 fully saturated rings. The summed E-state index contributed by atoms with van der Waals surface area (Å²) in [5, 5.41) is 11.0. The molecular formula is C22H21F2N5O2S. The van der Waals surface area contributed by atoms with E-state index in [-0.39, 0.29) is 17.8 Å². The molecule has 0 saturated carbocycles.